The number of carbonyl (C=O) groups is 2. The number of likely N-dealkylation sites (tertiary alicyclic amines) is 1. The van der Waals surface area contributed by atoms with Gasteiger partial charge in [0.25, 0.3) is 11.8 Å². The van der Waals surface area contributed by atoms with E-state index in [1.165, 1.54) is 0 Å². The summed E-state index contributed by atoms with van der Waals surface area (Å²) in [6.45, 7) is 6.17. The normalized spacial score (nSPS) is 15.6. The number of piperidine rings is 2. The van der Waals surface area contributed by atoms with Gasteiger partial charge in [0.1, 0.15) is 17.3 Å². The summed E-state index contributed by atoms with van der Waals surface area (Å²) in [5.74, 6) is -1.49. The first kappa shape index (κ1) is 30.2. The summed E-state index contributed by atoms with van der Waals surface area (Å²) >= 11 is 0. The Morgan fingerprint density at radius 2 is 1.64 bits per heavy atom. The molecule has 0 aliphatic carbocycles. The van der Waals surface area contributed by atoms with Gasteiger partial charge in [0.2, 0.25) is 0 Å². The van der Waals surface area contributed by atoms with Crippen molar-refractivity contribution in [3.63, 3.8) is 0 Å². The van der Waals surface area contributed by atoms with Gasteiger partial charge in [-0.25, -0.2) is 13.5 Å². The molecule has 9 nitrogen and oxygen atoms in total. The SMILES string of the molecule is CC1CCN(c2ccc(NCc3cn(-c4cccc(NC(=O)c5cc(F)cc(F)c5)c4)nn3)cc2C(=O)N2CCCCC2)CC1. The fourth-order valence-electron chi connectivity index (χ4n) is 5.92. The van der Waals surface area contributed by atoms with Crippen LogP contribution in [0.3, 0.4) is 0 Å². The van der Waals surface area contributed by atoms with E-state index in [1.807, 2.05) is 23.1 Å². The van der Waals surface area contributed by atoms with Crippen molar-refractivity contribution < 1.29 is 18.4 Å². The van der Waals surface area contributed by atoms with Crippen LogP contribution in [0.1, 0.15) is 65.4 Å². The highest BCUT2D eigenvalue weighted by molar-refractivity contribution is 6.04. The number of benzene rings is 3. The van der Waals surface area contributed by atoms with E-state index in [4.69, 9.17) is 0 Å². The fourth-order valence-corrected chi connectivity index (χ4v) is 5.92. The Morgan fingerprint density at radius 1 is 0.889 bits per heavy atom. The maximum atomic E-state index is 13.7. The smallest absolute Gasteiger partial charge is 0.256 e. The maximum absolute atomic E-state index is 13.7. The zero-order valence-corrected chi connectivity index (χ0v) is 25.3. The fraction of sp³-hybridized carbons (Fsp3) is 0.353. The number of amides is 2. The Kier molecular flexibility index (Phi) is 9.04. The number of halogens is 2. The molecular formula is C34H37F2N7O2. The summed E-state index contributed by atoms with van der Waals surface area (Å²) < 4.78 is 28.7. The highest BCUT2D eigenvalue weighted by Gasteiger charge is 2.25. The van der Waals surface area contributed by atoms with Gasteiger partial charge in [0.15, 0.2) is 0 Å². The Hall–Kier alpha value is -4.80. The quantitative estimate of drug-likeness (QED) is 0.243. The second-order valence-electron chi connectivity index (χ2n) is 11.9. The third-order valence-corrected chi connectivity index (χ3v) is 8.50. The molecule has 2 amide bonds. The van der Waals surface area contributed by atoms with Crippen LogP contribution in [0.2, 0.25) is 0 Å². The zero-order valence-electron chi connectivity index (χ0n) is 25.3. The molecule has 0 bridgehead atoms. The van der Waals surface area contributed by atoms with E-state index in [1.54, 1.807) is 29.1 Å². The summed E-state index contributed by atoms with van der Waals surface area (Å²) in [5, 5.41) is 14.6. The van der Waals surface area contributed by atoms with Crippen LogP contribution < -0.4 is 15.5 Å². The van der Waals surface area contributed by atoms with E-state index < -0.39 is 17.5 Å². The van der Waals surface area contributed by atoms with Gasteiger partial charge >= 0.3 is 0 Å². The van der Waals surface area contributed by atoms with Crippen molar-refractivity contribution in [3.05, 3.63) is 95.3 Å². The molecule has 0 saturated carbocycles. The van der Waals surface area contributed by atoms with Crippen LogP contribution in [0.15, 0.2) is 66.9 Å². The summed E-state index contributed by atoms with van der Waals surface area (Å²) in [6.07, 6.45) is 7.26. The van der Waals surface area contributed by atoms with Crippen molar-refractivity contribution in [1.82, 2.24) is 19.9 Å². The topological polar surface area (TPSA) is 95.4 Å². The second-order valence-corrected chi connectivity index (χ2v) is 11.9. The van der Waals surface area contributed by atoms with Crippen LogP contribution in [-0.4, -0.2) is 57.9 Å². The third-order valence-electron chi connectivity index (χ3n) is 8.50. The molecule has 2 aliphatic rings. The lowest BCUT2D eigenvalue weighted by molar-refractivity contribution is 0.0724. The van der Waals surface area contributed by atoms with Crippen molar-refractivity contribution >= 4 is 28.9 Å². The molecule has 3 heterocycles. The van der Waals surface area contributed by atoms with E-state index in [0.717, 1.165) is 87.4 Å². The molecule has 0 unspecified atom stereocenters. The van der Waals surface area contributed by atoms with Crippen LogP contribution >= 0.6 is 0 Å². The predicted molar refractivity (Wildman–Crippen MR) is 170 cm³/mol. The molecule has 0 atom stereocenters. The lowest BCUT2D eigenvalue weighted by Gasteiger charge is -2.35. The van der Waals surface area contributed by atoms with Gasteiger partial charge in [-0.3, -0.25) is 9.59 Å². The Bertz CT molecular complexity index is 1660. The number of carbonyl (C=O) groups excluding carboxylic acids is 2. The number of anilines is 3. The average molecular weight is 614 g/mol. The minimum absolute atomic E-state index is 0.0902. The molecule has 0 radical (unpaired) electrons. The minimum Gasteiger partial charge on any atom is -0.379 e. The van der Waals surface area contributed by atoms with Crippen LogP contribution in [0.25, 0.3) is 5.69 Å². The van der Waals surface area contributed by atoms with E-state index in [0.29, 0.717) is 35.6 Å². The molecule has 2 aliphatic heterocycles. The van der Waals surface area contributed by atoms with Crippen molar-refractivity contribution in [2.45, 2.75) is 45.6 Å². The summed E-state index contributed by atoms with van der Waals surface area (Å²) in [7, 11) is 0. The van der Waals surface area contributed by atoms with Gasteiger partial charge in [-0.1, -0.05) is 18.2 Å². The van der Waals surface area contributed by atoms with E-state index in [2.05, 4.69) is 38.8 Å². The Morgan fingerprint density at radius 3 is 2.40 bits per heavy atom. The largest absolute Gasteiger partial charge is 0.379 e. The number of rotatable bonds is 8. The molecule has 3 aromatic carbocycles. The third kappa shape index (κ3) is 7.30. The lowest BCUT2D eigenvalue weighted by atomic mass is 9.97. The number of hydrogen-bond donors (Lipinski definition) is 2. The first-order valence-electron chi connectivity index (χ1n) is 15.5. The van der Waals surface area contributed by atoms with E-state index in [-0.39, 0.29) is 11.5 Å². The van der Waals surface area contributed by atoms with Crippen LogP contribution in [0.4, 0.5) is 25.8 Å². The molecule has 0 spiro atoms. The monoisotopic (exact) mass is 613 g/mol. The molecule has 4 aromatic rings. The summed E-state index contributed by atoms with van der Waals surface area (Å²) in [5.41, 5.74) is 4.21. The van der Waals surface area contributed by atoms with Crippen molar-refractivity contribution in [2.24, 2.45) is 5.92 Å². The van der Waals surface area contributed by atoms with E-state index in [9.17, 15) is 18.4 Å². The molecule has 1 aromatic heterocycles. The first-order valence-corrected chi connectivity index (χ1v) is 15.5. The molecule has 6 rings (SSSR count). The van der Waals surface area contributed by atoms with Gasteiger partial charge in [0.05, 0.1) is 24.0 Å². The van der Waals surface area contributed by atoms with Crippen molar-refractivity contribution in [3.8, 4) is 5.69 Å². The van der Waals surface area contributed by atoms with Gasteiger partial charge < -0.3 is 20.4 Å². The molecular weight excluding hydrogens is 576 g/mol. The average Bonchev–Trinajstić information content (AvgIpc) is 3.53. The Labute approximate surface area is 261 Å². The number of nitrogens with zero attached hydrogens (tertiary/aromatic N) is 5. The zero-order chi connectivity index (χ0) is 31.3. The van der Waals surface area contributed by atoms with Gasteiger partial charge in [0, 0.05) is 54.9 Å². The molecule has 2 N–H and O–H groups in total. The van der Waals surface area contributed by atoms with Crippen LogP contribution in [-0.2, 0) is 6.54 Å². The summed E-state index contributed by atoms with van der Waals surface area (Å²) in [6, 6.07) is 15.6. The predicted octanol–water partition coefficient (Wildman–Crippen LogP) is 6.27. The van der Waals surface area contributed by atoms with E-state index >= 15 is 0 Å². The number of aromatic nitrogens is 3. The Balaban J connectivity index is 1.14. The van der Waals surface area contributed by atoms with Gasteiger partial charge in [-0.2, -0.15) is 0 Å². The van der Waals surface area contributed by atoms with Crippen LogP contribution in [0, 0.1) is 17.6 Å². The standard InChI is InChI=1S/C34H37F2N7O2/c1-23-10-14-41(15-11-23)32-9-8-27(20-31(32)34(45)42-12-3-2-4-13-42)37-21-29-22-43(40-39-29)30-7-5-6-28(19-30)38-33(44)24-16-25(35)18-26(36)17-24/h5-9,16-20,22-23,37H,2-4,10-15,21H2,1H3,(H,38,44). The second kappa shape index (κ2) is 13.5. The number of nitrogens with one attached hydrogen (secondary N) is 2. The molecule has 2 saturated heterocycles. The highest BCUT2D eigenvalue weighted by atomic mass is 19.1. The van der Waals surface area contributed by atoms with Crippen LogP contribution in [0.5, 0.6) is 0 Å². The molecule has 234 valence electrons. The van der Waals surface area contributed by atoms with Crippen molar-refractivity contribution in [2.75, 3.05) is 41.7 Å². The molecule has 11 heteroatoms. The minimum atomic E-state index is -0.824. The molecule has 45 heavy (non-hydrogen) atoms. The molecule has 2 fully saturated rings. The van der Waals surface area contributed by atoms with Crippen molar-refractivity contribution in [1.29, 1.82) is 0 Å². The first-order chi connectivity index (χ1) is 21.8. The maximum Gasteiger partial charge on any atom is 0.256 e. The lowest BCUT2D eigenvalue weighted by Crippen LogP contribution is -2.38. The van der Waals surface area contributed by atoms with Gasteiger partial charge in [-0.15, -0.1) is 5.10 Å². The number of hydrogen-bond acceptors (Lipinski definition) is 6. The highest BCUT2D eigenvalue weighted by Crippen LogP contribution is 2.30. The summed E-state index contributed by atoms with van der Waals surface area (Å²) in [4.78, 5) is 30.6. The van der Waals surface area contributed by atoms with Gasteiger partial charge in [-0.05, 0) is 86.6 Å².